The van der Waals surface area contributed by atoms with Crippen molar-refractivity contribution in [1.29, 1.82) is 0 Å². The van der Waals surface area contributed by atoms with Crippen molar-refractivity contribution in [2.75, 3.05) is 6.79 Å². The third-order valence-electron chi connectivity index (χ3n) is 4.19. The van der Waals surface area contributed by atoms with E-state index in [1.807, 2.05) is 36.4 Å². The van der Waals surface area contributed by atoms with Gasteiger partial charge >= 0.3 is 0 Å². The molecular weight excluding hydrogens is 302 g/mol. The van der Waals surface area contributed by atoms with E-state index < -0.39 is 0 Å². The molecule has 0 saturated heterocycles. The molecule has 2 aromatic carbocycles. The molecule has 126 valence electrons. The summed E-state index contributed by atoms with van der Waals surface area (Å²) in [4.78, 5) is 12.1. The first-order chi connectivity index (χ1) is 11.7. The van der Waals surface area contributed by atoms with E-state index in [9.17, 15) is 4.79 Å². The minimum Gasteiger partial charge on any atom is -0.454 e. The smallest absolute Gasteiger partial charge is 0.231 e. The first-order valence-corrected chi connectivity index (χ1v) is 8.42. The van der Waals surface area contributed by atoms with Gasteiger partial charge in [-0.1, -0.05) is 36.4 Å². The van der Waals surface area contributed by atoms with E-state index in [1.165, 1.54) is 5.56 Å². The van der Waals surface area contributed by atoms with Crippen molar-refractivity contribution in [3.05, 3.63) is 59.7 Å². The summed E-state index contributed by atoms with van der Waals surface area (Å²) in [7, 11) is 0. The molecule has 0 aromatic heterocycles. The van der Waals surface area contributed by atoms with Gasteiger partial charge in [0.25, 0.3) is 0 Å². The lowest BCUT2D eigenvalue weighted by atomic mass is 10.1. The van der Waals surface area contributed by atoms with Gasteiger partial charge in [-0.2, -0.15) is 0 Å². The Kier molecular flexibility index (Phi) is 5.36. The molecule has 1 heterocycles. The quantitative estimate of drug-likeness (QED) is 0.848. The normalized spacial score (nSPS) is 13.5. The van der Waals surface area contributed by atoms with Crippen LogP contribution in [0, 0.1) is 0 Å². The molecule has 4 nitrogen and oxygen atoms in total. The summed E-state index contributed by atoms with van der Waals surface area (Å²) in [5.74, 6) is 1.63. The molecule has 1 unspecified atom stereocenters. The lowest BCUT2D eigenvalue weighted by Crippen LogP contribution is -2.33. The number of aryl methyl sites for hydroxylation is 2. The predicted octanol–water partition coefficient (Wildman–Crippen LogP) is 3.49. The van der Waals surface area contributed by atoms with Crippen LogP contribution < -0.4 is 14.8 Å². The van der Waals surface area contributed by atoms with Gasteiger partial charge in [0, 0.05) is 12.5 Å². The van der Waals surface area contributed by atoms with Crippen LogP contribution >= 0.6 is 0 Å². The largest absolute Gasteiger partial charge is 0.454 e. The molecule has 1 N–H and O–H groups in total. The number of rotatable bonds is 7. The van der Waals surface area contributed by atoms with E-state index in [0.29, 0.717) is 12.8 Å². The number of carbonyl (C=O) groups is 1. The molecule has 3 rings (SSSR count). The Morgan fingerprint density at radius 1 is 1.04 bits per heavy atom. The molecule has 1 aliphatic rings. The van der Waals surface area contributed by atoms with E-state index >= 15 is 0 Å². The Morgan fingerprint density at radius 3 is 2.67 bits per heavy atom. The van der Waals surface area contributed by atoms with Crippen LogP contribution in [-0.2, 0) is 17.6 Å². The van der Waals surface area contributed by atoms with E-state index in [0.717, 1.165) is 29.9 Å². The number of carbonyl (C=O) groups excluding carboxylic acids is 1. The highest BCUT2D eigenvalue weighted by atomic mass is 16.7. The van der Waals surface area contributed by atoms with Gasteiger partial charge in [0.2, 0.25) is 12.7 Å². The highest BCUT2D eigenvalue weighted by Crippen LogP contribution is 2.32. The summed E-state index contributed by atoms with van der Waals surface area (Å²) in [5.41, 5.74) is 2.39. The van der Waals surface area contributed by atoms with Crippen molar-refractivity contribution in [3.63, 3.8) is 0 Å². The fourth-order valence-corrected chi connectivity index (χ4v) is 2.80. The van der Waals surface area contributed by atoms with Crippen LogP contribution in [0.3, 0.4) is 0 Å². The van der Waals surface area contributed by atoms with Gasteiger partial charge in [0.1, 0.15) is 0 Å². The van der Waals surface area contributed by atoms with E-state index in [-0.39, 0.29) is 18.7 Å². The summed E-state index contributed by atoms with van der Waals surface area (Å²) >= 11 is 0. The second-order valence-electron chi connectivity index (χ2n) is 6.18. The molecule has 0 radical (unpaired) electrons. The van der Waals surface area contributed by atoms with Crippen LogP contribution in [0.5, 0.6) is 11.5 Å². The average Bonchev–Trinajstić information content (AvgIpc) is 3.07. The van der Waals surface area contributed by atoms with Crippen LogP contribution in [0.4, 0.5) is 0 Å². The molecule has 4 heteroatoms. The topological polar surface area (TPSA) is 47.6 Å². The summed E-state index contributed by atoms with van der Waals surface area (Å²) in [6.45, 7) is 2.33. The standard InChI is InChI=1S/C20H23NO3/c1-15(7-8-16-5-3-2-4-6-16)21-20(22)12-10-17-9-11-18-19(13-17)24-14-23-18/h2-6,9,11,13,15H,7-8,10,12,14H2,1H3,(H,21,22). The number of hydrogen-bond donors (Lipinski definition) is 1. The van der Waals surface area contributed by atoms with Crippen molar-refractivity contribution >= 4 is 5.91 Å². The fraction of sp³-hybridized carbons (Fsp3) is 0.350. The molecule has 2 aromatic rings. The molecule has 0 bridgehead atoms. The zero-order valence-electron chi connectivity index (χ0n) is 14.0. The second kappa shape index (κ2) is 7.86. The lowest BCUT2D eigenvalue weighted by Gasteiger charge is -2.14. The molecule has 1 amide bonds. The minimum atomic E-state index is 0.0910. The van der Waals surface area contributed by atoms with Gasteiger partial charge in [-0.3, -0.25) is 4.79 Å². The molecular formula is C20H23NO3. The highest BCUT2D eigenvalue weighted by Gasteiger charge is 2.14. The Morgan fingerprint density at radius 2 is 1.83 bits per heavy atom. The fourth-order valence-electron chi connectivity index (χ4n) is 2.80. The number of hydrogen-bond acceptors (Lipinski definition) is 3. The highest BCUT2D eigenvalue weighted by molar-refractivity contribution is 5.76. The van der Waals surface area contributed by atoms with E-state index in [1.54, 1.807) is 0 Å². The Hall–Kier alpha value is -2.49. The van der Waals surface area contributed by atoms with Crippen LogP contribution in [0.25, 0.3) is 0 Å². The van der Waals surface area contributed by atoms with Gasteiger partial charge in [0.05, 0.1) is 0 Å². The van der Waals surface area contributed by atoms with Gasteiger partial charge in [-0.25, -0.2) is 0 Å². The Labute approximate surface area is 142 Å². The third-order valence-corrected chi connectivity index (χ3v) is 4.19. The Bertz CT molecular complexity index is 685. The monoisotopic (exact) mass is 325 g/mol. The molecule has 0 spiro atoms. The summed E-state index contributed by atoms with van der Waals surface area (Å²) < 4.78 is 10.7. The van der Waals surface area contributed by atoms with Gasteiger partial charge in [0.15, 0.2) is 11.5 Å². The summed E-state index contributed by atoms with van der Waals surface area (Å²) in [5, 5.41) is 3.08. The van der Waals surface area contributed by atoms with Crippen molar-refractivity contribution < 1.29 is 14.3 Å². The molecule has 0 aliphatic carbocycles. The van der Waals surface area contributed by atoms with E-state index in [2.05, 4.69) is 24.4 Å². The van der Waals surface area contributed by atoms with Crippen LogP contribution in [0.15, 0.2) is 48.5 Å². The summed E-state index contributed by atoms with van der Waals surface area (Å²) in [6.07, 6.45) is 3.10. The first kappa shape index (κ1) is 16.4. The number of fused-ring (bicyclic) bond motifs is 1. The van der Waals surface area contributed by atoms with Crippen LogP contribution in [0.1, 0.15) is 30.9 Å². The maximum atomic E-state index is 12.1. The molecule has 1 aliphatic heterocycles. The van der Waals surface area contributed by atoms with Gasteiger partial charge < -0.3 is 14.8 Å². The maximum Gasteiger partial charge on any atom is 0.231 e. The number of amides is 1. The van der Waals surface area contributed by atoms with Gasteiger partial charge in [-0.15, -0.1) is 0 Å². The average molecular weight is 325 g/mol. The first-order valence-electron chi connectivity index (χ1n) is 8.42. The zero-order chi connectivity index (χ0) is 16.8. The van der Waals surface area contributed by atoms with Crippen molar-refractivity contribution in [1.82, 2.24) is 5.32 Å². The number of ether oxygens (including phenoxy) is 2. The minimum absolute atomic E-state index is 0.0910. The van der Waals surface area contributed by atoms with Crippen molar-refractivity contribution in [2.24, 2.45) is 0 Å². The molecule has 24 heavy (non-hydrogen) atoms. The van der Waals surface area contributed by atoms with Crippen LogP contribution in [0.2, 0.25) is 0 Å². The van der Waals surface area contributed by atoms with Crippen LogP contribution in [-0.4, -0.2) is 18.7 Å². The molecule has 0 fully saturated rings. The predicted molar refractivity (Wildman–Crippen MR) is 93.3 cm³/mol. The SMILES string of the molecule is CC(CCc1ccccc1)NC(=O)CCc1ccc2c(c1)OCO2. The molecule has 0 saturated carbocycles. The zero-order valence-corrected chi connectivity index (χ0v) is 14.0. The van der Waals surface area contributed by atoms with Crippen molar-refractivity contribution in [2.45, 2.75) is 38.6 Å². The third kappa shape index (κ3) is 4.51. The van der Waals surface area contributed by atoms with E-state index in [4.69, 9.17) is 9.47 Å². The second-order valence-corrected chi connectivity index (χ2v) is 6.18. The number of benzene rings is 2. The molecule has 1 atom stereocenters. The number of nitrogens with one attached hydrogen (secondary N) is 1. The maximum absolute atomic E-state index is 12.1. The van der Waals surface area contributed by atoms with Gasteiger partial charge in [-0.05, 0) is 49.4 Å². The summed E-state index contributed by atoms with van der Waals surface area (Å²) in [6, 6.07) is 16.4. The van der Waals surface area contributed by atoms with Crippen molar-refractivity contribution in [3.8, 4) is 11.5 Å². The lowest BCUT2D eigenvalue weighted by molar-refractivity contribution is -0.121. The Balaban J connectivity index is 1.40.